The number of carboxylic acid groups (broad SMARTS) is 1. The van der Waals surface area contributed by atoms with E-state index in [1.165, 1.54) is 24.3 Å². The number of hydrazine groups is 1. The molecule has 3 aromatic carbocycles. The van der Waals surface area contributed by atoms with Gasteiger partial charge >= 0.3 is 30.3 Å². The zero-order chi connectivity index (χ0) is 31.9. The van der Waals surface area contributed by atoms with Crippen LogP contribution in [-0.4, -0.2) is 47.0 Å². The van der Waals surface area contributed by atoms with Crippen LogP contribution in [0.1, 0.15) is 42.2 Å². The number of nitrogens with one attached hydrogen (secondary N) is 2. The van der Waals surface area contributed by atoms with Gasteiger partial charge in [0.2, 0.25) is 12.2 Å². The van der Waals surface area contributed by atoms with Crippen molar-refractivity contribution in [3.8, 4) is 0 Å². The normalized spacial score (nSPS) is 12.8. The van der Waals surface area contributed by atoms with Gasteiger partial charge in [-0.15, -0.1) is 0 Å². The van der Waals surface area contributed by atoms with Crippen LogP contribution in [0, 0.1) is 0 Å². The highest BCUT2D eigenvalue weighted by molar-refractivity contribution is 5.99. The Hall–Kier alpha value is -5.41. The van der Waals surface area contributed by atoms with Gasteiger partial charge in [0.15, 0.2) is 0 Å². The predicted molar refractivity (Wildman–Crippen MR) is 131 cm³/mol. The number of ether oxygens (including phenoxy) is 2. The number of hydrogen-bond acceptors (Lipinski definition) is 7. The van der Waals surface area contributed by atoms with E-state index in [0.29, 0.717) is 24.3 Å². The zero-order valence-corrected chi connectivity index (χ0v) is 21.2. The van der Waals surface area contributed by atoms with Crippen molar-refractivity contribution in [3.63, 3.8) is 0 Å². The molecule has 3 N–H and O–H groups in total. The molecule has 0 spiro atoms. The third kappa shape index (κ3) is 8.54. The second-order valence-corrected chi connectivity index (χ2v) is 8.46. The highest BCUT2D eigenvalue weighted by Gasteiger charge is 2.42. The summed E-state index contributed by atoms with van der Waals surface area (Å²) in [5.41, 5.74) is -0.561. The molecule has 0 aliphatic carbocycles. The van der Waals surface area contributed by atoms with E-state index in [4.69, 9.17) is 9.47 Å². The number of hydrogen-bond donors (Lipinski definition) is 3. The number of halogens is 6. The molecule has 0 saturated heterocycles. The van der Waals surface area contributed by atoms with E-state index in [2.05, 4.69) is 0 Å². The molecule has 0 bridgehead atoms. The molecule has 0 unspecified atom stereocenters. The summed E-state index contributed by atoms with van der Waals surface area (Å²) in [4.78, 5) is 62.6. The number of carbonyl (C=O) groups excluding carboxylic acids is 4. The van der Waals surface area contributed by atoms with Crippen LogP contribution in [0.15, 0.2) is 78.9 Å². The first-order chi connectivity index (χ1) is 20.1. The maximum atomic E-state index is 13.1. The van der Waals surface area contributed by atoms with Crippen molar-refractivity contribution in [1.29, 1.82) is 0 Å². The molecule has 43 heavy (non-hydrogen) atoms. The first-order valence-corrected chi connectivity index (χ1v) is 11.7. The Morgan fingerprint density at radius 1 is 0.605 bits per heavy atom. The Morgan fingerprint density at radius 3 is 1.49 bits per heavy atom. The molecule has 10 nitrogen and oxygen atoms in total. The van der Waals surface area contributed by atoms with Crippen molar-refractivity contribution in [1.82, 2.24) is 10.9 Å². The number of carboxylic acids is 1. The third-order valence-electron chi connectivity index (χ3n) is 5.43. The second kappa shape index (κ2) is 13.1. The number of esters is 2. The minimum absolute atomic E-state index is 0.00562. The fraction of sp³-hybridized carbons (Fsp3) is 0.148. The van der Waals surface area contributed by atoms with Crippen molar-refractivity contribution in [2.75, 3.05) is 0 Å². The summed E-state index contributed by atoms with van der Waals surface area (Å²) in [6.07, 6.45) is -15.2. The van der Waals surface area contributed by atoms with Crippen molar-refractivity contribution in [2.24, 2.45) is 0 Å². The molecule has 0 saturated carbocycles. The molecule has 3 aromatic rings. The van der Waals surface area contributed by atoms with Crippen LogP contribution in [0.5, 0.6) is 0 Å². The molecule has 0 aromatic heterocycles. The summed E-state index contributed by atoms with van der Waals surface area (Å²) in [5, 5.41) is 9.70. The molecular formula is C27H18F6N2O8. The number of rotatable bonds is 8. The average molecular weight is 612 g/mol. The van der Waals surface area contributed by atoms with E-state index < -0.39 is 76.5 Å². The van der Waals surface area contributed by atoms with E-state index in [1.807, 2.05) is 5.43 Å². The minimum atomic E-state index is -4.90. The smallest absolute Gasteiger partial charge is 0.416 e. The standard InChI is InChI=1S/C27H18F6N2O8/c28-26(29,30)17-10-4-8-15(12-17)24(40)42-19(22(37)35-34-21(36)14-6-2-1-3-7-14)20(23(38)39)43-25(41)16-9-5-11-18(13-16)27(31,32)33/h1-13,19-20H,(H,34,36)(H,35,37)(H,38,39)/t19-,20+/m0/s1. The summed E-state index contributed by atoms with van der Waals surface area (Å²) < 4.78 is 88.1. The van der Waals surface area contributed by atoms with E-state index >= 15 is 0 Å². The molecule has 0 fully saturated rings. The second-order valence-electron chi connectivity index (χ2n) is 8.46. The molecule has 16 heteroatoms. The summed E-state index contributed by atoms with van der Waals surface area (Å²) in [6.45, 7) is 0. The molecule has 2 amide bonds. The van der Waals surface area contributed by atoms with Crippen LogP contribution < -0.4 is 10.9 Å². The van der Waals surface area contributed by atoms with Crippen LogP contribution in [0.4, 0.5) is 26.3 Å². The van der Waals surface area contributed by atoms with Gasteiger partial charge in [0.05, 0.1) is 22.3 Å². The van der Waals surface area contributed by atoms with Gasteiger partial charge < -0.3 is 14.6 Å². The number of amides is 2. The fourth-order valence-corrected chi connectivity index (χ4v) is 3.36. The lowest BCUT2D eigenvalue weighted by atomic mass is 10.1. The summed E-state index contributed by atoms with van der Waals surface area (Å²) in [7, 11) is 0. The highest BCUT2D eigenvalue weighted by atomic mass is 19.4. The zero-order valence-electron chi connectivity index (χ0n) is 21.2. The van der Waals surface area contributed by atoms with Gasteiger partial charge in [-0.2, -0.15) is 26.3 Å². The topological polar surface area (TPSA) is 148 Å². The molecule has 0 radical (unpaired) electrons. The summed E-state index contributed by atoms with van der Waals surface area (Å²) in [6, 6.07) is 12.3. The van der Waals surface area contributed by atoms with Crippen LogP contribution in [0.2, 0.25) is 0 Å². The van der Waals surface area contributed by atoms with Gasteiger partial charge in [-0.05, 0) is 48.5 Å². The van der Waals surface area contributed by atoms with Crippen molar-refractivity contribution in [3.05, 3.63) is 107 Å². The maximum Gasteiger partial charge on any atom is 0.416 e. The quantitative estimate of drug-likeness (QED) is 0.196. The van der Waals surface area contributed by atoms with Crippen molar-refractivity contribution >= 4 is 29.7 Å². The number of aliphatic carboxylic acids is 1. The molecule has 0 heterocycles. The Balaban J connectivity index is 1.92. The Morgan fingerprint density at radius 2 is 1.05 bits per heavy atom. The Kier molecular flexibility index (Phi) is 9.75. The Bertz CT molecular complexity index is 1530. The monoisotopic (exact) mass is 612 g/mol. The largest absolute Gasteiger partial charge is 0.478 e. The van der Waals surface area contributed by atoms with Gasteiger partial charge in [0.1, 0.15) is 0 Å². The van der Waals surface area contributed by atoms with Crippen LogP contribution >= 0.6 is 0 Å². The highest BCUT2D eigenvalue weighted by Crippen LogP contribution is 2.31. The SMILES string of the molecule is O=C(NNC(=O)[C@@H](OC(=O)c1cccc(C(F)(F)F)c1)[C@@H](OC(=O)c1cccc(C(F)(F)F)c1)C(=O)O)c1ccccc1. The summed E-state index contributed by atoms with van der Waals surface area (Å²) >= 11 is 0. The molecule has 2 atom stereocenters. The van der Waals surface area contributed by atoms with E-state index in [9.17, 15) is 55.4 Å². The maximum absolute atomic E-state index is 13.1. The fourth-order valence-electron chi connectivity index (χ4n) is 3.36. The van der Waals surface area contributed by atoms with Crippen molar-refractivity contribution in [2.45, 2.75) is 24.6 Å². The molecule has 0 aliphatic rings. The van der Waals surface area contributed by atoms with E-state index in [1.54, 1.807) is 11.5 Å². The average Bonchev–Trinajstić information content (AvgIpc) is 2.96. The molecular weight excluding hydrogens is 594 g/mol. The van der Waals surface area contributed by atoms with Gasteiger partial charge in [0.25, 0.3) is 11.8 Å². The van der Waals surface area contributed by atoms with Crippen LogP contribution in [-0.2, 0) is 31.4 Å². The lowest BCUT2D eigenvalue weighted by Gasteiger charge is -2.24. The molecule has 3 rings (SSSR count). The van der Waals surface area contributed by atoms with Crippen molar-refractivity contribution < 1.29 is 64.9 Å². The lowest BCUT2D eigenvalue weighted by Crippen LogP contribution is -2.54. The molecule has 226 valence electrons. The lowest BCUT2D eigenvalue weighted by molar-refractivity contribution is -0.159. The van der Waals surface area contributed by atoms with Gasteiger partial charge in [-0.25, -0.2) is 14.4 Å². The van der Waals surface area contributed by atoms with E-state index in [0.717, 1.165) is 24.3 Å². The Labute approximate surface area is 237 Å². The van der Waals surface area contributed by atoms with Gasteiger partial charge in [-0.3, -0.25) is 20.4 Å². The third-order valence-corrected chi connectivity index (χ3v) is 5.43. The van der Waals surface area contributed by atoms with Gasteiger partial charge in [-0.1, -0.05) is 30.3 Å². The predicted octanol–water partition coefficient (Wildman–Crippen LogP) is 4.02. The molecule has 0 aliphatic heterocycles. The number of benzene rings is 3. The summed E-state index contributed by atoms with van der Waals surface area (Å²) in [5.74, 6) is -8.09. The number of carbonyl (C=O) groups is 5. The first-order valence-electron chi connectivity index (χ1n) is 11.7. The first kappa shape index (κ1) is 32.1. The van der Waals surface area contributed by atoms with E-state index in [-0.39, 0.29) is 5.56 Å². The van der Waals surface area contributed by atoms with Gasteiger partial charge in [0, 0.05) is 5.56 Å². The van der Waals surface area contributed by atoms with Crippen LogP contribution in [0.3, 0.4) is 0 Å². The number of alkyl halides is 6. The van der Waals surface area contributed by atoms with Crippen LogP contribution in [0.25, 0.3) is 0 Å². The minimum Gasteiger partial charge on any atom is -0.478 e.